The van der Waals surface area contributed by atoms with Gasteiger partial charge in [-0.15, -0.1) is 16.4 Å². The Bertz CT molecular complexity index is 1030. The number of nitrogens with zero attached hydrogens (tertiary/aromatic N) is 3. The van der Waals surface area contributed by atoms with E-state index >= 15 is 0 Å². The first-order valence-corrected chi connectivity index (χ1v) is 10.5. The Labute approximate surface area is 187 Å². The van der Waals surface area contributed by atoms with E-state index in [1.54, 1.807) is 27.7 Å². The maximum absolute atomic E-state index is 12.6. The average Bonchev–Trinajstić information content (AvgIpc) is 3.27. The topological polar surface area (TPSA) is 152 Å². The fourth-order valence-corrected chi connectivity index (χ4v) is 3.80. The number of ether oxygens (including phenoxy) is 3. The number of aromatic nitrogens is 2. The van der Waals surface area contributed by atoms with Gasteiger partial charge in [0.25, 0.3) is 0 Å². The number of aryl methyl sites for hydroxylation is 1. The van der Waals surface area contributed by atoms with Crippen LogP contribution < -0.4 is 10.1 Å². The van der Waals surface area contributed by atoms with Gasteiger partial charge in [0.1, 0.15) is 16.1 Å². The van der Waals surface area contributed by atoms with Crippen LogP contribution in [0.15, 0.2) is 6.20 Å². The van der Waals surface area contributed by atoms with Gasteiger partial charge in [-0.2, -0.15) is 0 Å². The van der Waals surface area contributed by atoms with Crippen molar-refractivity contribution in [2.45, 2.75) is 46.8 Å². The standard InChI is InChI=1S/C19H24N4O8S/c1-6-30-19(26)15-11(4)14(18(25)31-10(2)3)17(32-15)20-13(24)7-8-22-9-12(23(27)28)16(21-22)29-5/h9-10H,6-8H2,1-5H3,(H,20,24). The first-order chi connectivity index (χ1) is 15.1. The van der Waals surface area contributed by atoms with Crippen molar-refractivity contribution in [2.24, 2.45) is 0 Å². The number of anilines is 1. The summed E-state index contributed by atoms with van der Waals surface area (Å²) >= 11 is 0.915. The molecule has 2 heterocycles. The molecule has 0 fully saturated rings. The summed E-state index contributed by atoms with van der Waals surface area (Å²) in [4.78, 5) is 47.9. The lowest BCUT2D eigenvalue weighted by molar-refractivity contribution is -0.385. The molecule has 0 saturated heterocycles. The lowest BCUT2D eigenvalue weighted by Gasteiger charge is -2.10. The minimum absolute atomic E-state index is 0.0247. The van der Waals surface area contributed by atoms with E-state index in [1.807, 2.05) is 0 Å². The summed E-state index contributed by atoms with van der Waals surface area (Å²) in [6.45, 7) is 6.78. The molecule has 0 aromatic carbocycles. The van der Waals surface area contributed by atoms with Crippen LogP contribution in [-0.2, 0) is 20.8 Å². The summed E-state index contributed by atoms with van der Waals surface area (Å²) in [5.41, 5.74) is 0.109. The van der Waals surface area contributed by atoms with E-state index in [0.29, 0.717) is 5.56 Å². The minimum Gasteiger partial charge on any atom is -0.475 e. The number of methoxy groups -OCH3 is 1. The molecule has 0 aliphatic heterocycles. The fourth-order valence-electron chi connectivity index (χ4n) is 2.70. The first kappa shape index (κ1) is 24.8. The van der Waals surface area contributed by atoms with E-state index in [9.17, 15) is 24.5 Å². The number of nitro groups is 1. The van der Waals surface area contributed by atoms with Crippen molar-refractivity contribution in [3.63, 3.8) is 0 Å². The molecule has 0 saturated carbocycles. The zero-order chi connectivity index (χ0) is 24.0. The Balaban J connectivity index is 2.22. The number of carbonyl (C=O) groups is 3. The molecule has 0 aliphatic carbocycles. The zero-order valence-electron chi connectivity index (χ0n) is 18.3. The highest BCUT2D eigenvalue weighted by Crippen LogP contribution is 2.34. The largest absolute Gasteiger partial charge is 0.475 e. The van der Waals surface area contributed by atoms with Crippen LogP contribution in [0.25, 0.3) is 0 Å². The van der Waals surface area contributed by atoms with Gasteiger partial charge in [0, 0.05) is 6.42 Å². The molecule has 2 aromatic heterocycles. The first-order valence-electron chi connectivity index (χ1n) is 9.66. The molecule has 174 valence electrons. The number of carbonyl (C=O) groups excluding carboxylic acids is 3. The third-order valence-electron chi connectivity index (χ3n) is 4.08. The van der Waals surface area contributed by atoms with Gasteiger partial charge in [-0.25, -0.2) is 9.59 Å². The van der Waals surface area contributed by atoms with E-state index < -0.39 is 28.9 Å². The number of thiophene rings is 1. The maximum Gasteiger partial charge on any atom is 0.350 e. The smallest absolute Gasteiger partial charge is 0.350 e. The van der Waals surface area contributed by atoms with Gasteiger partial charge in [0.05, 0.1) is 36.9 Å². The second-order valence-corrected chi connectivity index (χ2v) is 7.80. The summed E-state index contributed by atoms with van der Waals surface area (Å²) in [5, 5.41) is 17.7. The van der Waals surface area contributed by atoms with Crippen LogP contribution >= 0.6 is 11.3 Å². The molecule has 0 unspecified atom stereocenters. The Morgan fingerprint density at radius 2 is 2.00 bits per heavy atom. The maximum atomic E-state index is 12.6. The van der Waals surface area contributed by atoms with Gasteiger partial charge in [-0.05, 0) is 33.3 Å². The van der Waals surface area contributed by atoms with Crippen LogP contribution in [-0.4, -0.2) is 52.4 Å². The minimum atomic E-state index is -0.674. The molecule has 0 aliphatic rings. The zero-order valence-corrected chi connectivity index (χ0v) is 19.1. The molecule has 0 atom stereocenters. The molecular weight excluding hydrogens is 444 g/mol. The molecule has 32 heavy (non-hydrogen) atoms. The molecule has 13 heteroatoms. The highest BCUT2D eigenvalue weighted by Gasteiger charge is 2.28. The molecule has 2 rings (SSSR count). The monoisotopic (exact) mass is 468 g/mol. The van der Waals surface area contributed by atoms with E-state index in [0.717, 1.165) is 17.5 Å². The normalized spacial score (nSPS) is 10.7. The SMILES string of the molecule is CCOC(=O)c1sc(NC(=O)CCn2cc([N+](=O)[O-])c(OC)n2)c(C(=O)OC(C)C)c1C. The second kappa shape index (κ2) is 10.7. The van der Waals surface area contributed by atoms with Crippen molar-refractivity contribution in [3.05, 3.63) is 32.3 Å². The van der Waals surface area contributed by atoms with Gasteiger partial charge in [-0.3, -0.25) is 19.6 Å². The number of amides is 1. The third-order valence-corrected chi connectivity index (χ3v) is 5.26. The molecule has 1 amide bonds. The van der Waals surface area contributed by atoms with Gasteiger partial charge >= 0.3 is 23.5 Å². The molecule has 12 nitrogen and oxygen atoms in total. The highest BCUT2D eigenvalue weighted by atomic mass is 32.1. The van der Waals surface area contributed by atoms with Gasteiger partial charge in [0.15, 0.2) is 0 Å². The molecule has 0 bridgehead atoms. The predicted octanol–water partition coefficient (Wildman–Crippen LogP) is 2.94. The van der Waals surface area contributed by atoms with Crippen molar-refractivity contribution >= 4 is 39.9 Å². The van der Waals surface area contributed by atoms with Gasteiger partial charge in [0.2, 0.25) is 5.91 Å². The Morgan fingerprint density at radius 1 is 1.31 bits per heavy atom. The predicted molar refractivity (Wildman–Crippen MR) is 114 cm³/mol. The summed E-state index contributed by atoms with van der Waals surface area (Å²) in [7, 11) is 1.25. The molecule has 0 spiro atoms. The van der Waals surface area contributed by atoms with Crippen LogP contribution in [0.2, 0.25) is 0 Å². The summed E-state index contributed by atoms with van der Waals surface area (Å²) in [6.07, 6.45) is 0.653. The molecule has 0 radical (unpaired) electrons. The summed E-state index contributed by atoms with van der Waals surface area (Å²) in [5.74, 6) is -1.93. The van der Waals surface area contributed by atoms with E-state index in [1.165, 1.54) is 11.8 Å². The third kappa shape index (κ3) is 5.81. The molecule has 2 aromatic rings. The van der Waals surface area contributed by atoms with Gasteiger partial charge < -0.3 is 19.5 Å². The number of rotatable bonds is 10. The summed E-state index contributed by atoms with van der Waals surface area (Å²) in [6, 6.07) is 0. The van der Waals surface area contributed by atoms with Crippen LogP contribution in [0.4, 0.5) is 10.7 Å². The Morgan fingerprint density at radius 3 is 2.53 bits per heavy atom. The summed E-state index contributed by atoms with van der Waals surface area (Å²) < 4.78 is 16.3. The van der Waals surface area contributed by atoms with Crippen molar-refractivity contribution in [3.8, 4) is 5.88 Å². The van der Waals surface area contributed by atoms with Crippen molar-refractivity contribution < 1.29 is 33.5 Å². The number of nitrogens with one attached hydrogen (secondary N) is 1. The number of hydrogen-bond donors (Lipinski definition) is 1. The van der Waals surface area contributed by atoms with E-state index in [4.69, 9.17) is 14.2 Å². The number of esters is 2. The molecule has 1 N–H and O–H groups in total. The van der Waals surface area contributed by atoms with E-state index in [-0.39, 0.29) is 46.6 Å². The Kier molecular flexibility index (Phi) is 8.29. The Hall–Kier alpha value is -3.48. The lowest BCUT2D eigenvalue weighted by atomic mass is 10.1. The lowest BCUT2D eigenvalue weighted by Crippen LogP contribution is -2.18. The van der Waals surface area contributed by atoms with Crippen LogP contribution in [0.5, 0.6) is 5.88 Å². The quantitative estimate of drug-likeness (QED) is 0.315. The highest BCUT2D eigenvalue weighted by molar-refractivity contribution is 7.18. The van der Waals surface area contributed by atoms with Crippen molar-refractivity contribution in [2.75, 3.05) is 19.0 Å². The van der Waals surface area contributed by atoms with Crippen molar-refractivity contribution in [1.29, 1.82) is 0 Å². The van der Waals surface area contributed by atoms with Crippen LogP contribution in [0, 0.1) is 17.0 Å². The van der Waals surface area contributed by atoms with Crippen molar-refractivity contribution in [1.82, 2.24) is 9.78 Å². The van der Waals surface area contributed by atoms with E-state index in [2.05, 4.69) is 10.4 Å². The fraction of sp³-hybridized carbons (Fsp3) is 0.474. The van der Waals surface area contributed by atoms with Crippen LogP contribution in [0.1, 0.15) is 52.8 Å². The number of hydrogen-bond acceptors (Lipinski definition) is 10. The van der Waals surface area contributed by atoms with Crippen LogP contribution in [0.3, 0.4) is 0 Å². The second-order valence-electron chi connectivity index (χ2n) is 6.78. The average molecular weight is 468 g/mol. The van der Waals surface area contributed by atoms with Gasteiger partial charge in [-0.1, -0.05) is 0 Å². The molecular formula is C19H24N4O8S.